The summed E-state index contributed by atoms with van der Waals surface area (Å²) < 4.78 is 51.2. The van der Waals surface area contributed by atoms with Crippen LogP contribution < -0.4 is 0 Å². The molecular formula is C14H11F4N. The molecule has 1 nitrogen and oxygen atoms in total. The molecule has 0 fully saturated rings. The quantitative estimate of drug-likeness (QED) is 0.747. The Hall–Kier alpha value is -1.91. The first-order chi connectivity index (χ1) is 8.86. The van der Waals surface area contributed by atoms with Crippen molar-refractivity contribution in [1.82, 2.24) is 4.98 Å². The molecule has 100 valence electrons. The second kappa shape index (κ2) is 4.99. The van der Waals surface area contributed by atoms with Crippen LogP contribution in [0.3, 0.4) is 0 Å². The van der Waals surface area contributed by atoms with E-state index in [1.54, 1.807) is 18.3 Å². The van der Waals surface area contributed by atoms with Gasteiger partial charge in [0.25, 0.3) is 0 Å². The number of aromatic nitrogens is 1. The van der Waals surface area contributed by atoms with Gasteiger partial charge in [0.05, 0.1) is 5.56 Å². The maximum Gasteiger partial charge on any atom is 0.416 e. The molecule has 0 unspecified atom stereocenters. The molecule has 0 radical (unpaired) electrons. The Bertz CT molecular complexity index is 590. The lowest BCUT2D eigenvalue weighted by Gasteiger charge is -2.10. The number of benzene rings is 1. The molecule has 1 aromatic heterocycles. The third kappa shape index (κ3) is 3.30. The topological polar surface area (TPSA) is 12.9 Å². The number of halogens is 4. The number of alkyl halides is 3. The highest BCUT2D eigenvalue weighted by molar-refractivity contribution is 5.30. The summed E-state index contributed by atoms with van der Waals surface area (Å²) in [7, 11) is 0. The van der Waals surface area contributed by atoms with Crippen LogP contribution in [-0.4, -0.2) is 4.98 Å². The van der Waals surface area contributed by atoms with Gasteiger partial charge in [0, 0.05) is 18.3 Å². The van der Waals surface area contributed by atoms with Gasteiger partial charge in [-0.25, -0.2) is 4.39 Å². The van der Waals surface area contributed by atoms with Crippen LogP contribution >= 0.6 is 0 Å². The van der Waals surface area contributed by atoms with E-state index < -0.39 is 17.6 Å². The fourth-order valence-electron chi connectivity index (χ4n) is 1.78. The van der Waals surface area contributed by atoms with Gasteiger partial charge in [-0.1, -0.05) is 0 Å². The van der Waals surface area contributed by atoms with E-state index in [0.717, 1.165) is 23.8 Å². The highest BCUT2D eigenvalue weighted by Gasteiger charge is 2.31. The predicted octanol–water partition coefficient (Wildman–Crippen LogP) is 4.14. The molecule has 0 N–H and O–H groups in total. The Labute approximate surface area is 107 Å². The maximum atomic E-state index is 13.5. The number of nitrogens with zero attached hydrogens (tertiary/aromatic N) is 1. The normalized spacial score (nSPS) is 11.6. The Morgan fingerprint density at radius 2 is 1.84 bits per heavy atom. The largest absolute Gasteiger partial charge is 0.416 e. The SMILES string of the molecule is Cc1ccnc(Cc2cc(C(F)(F)F)ccc2F)c1. The monoisotopic (exact) mass is 269 g/mol. The van der Waals surface area contributed by atoms with E-state index >= 15 is 0 Å². The molecule has 2 aromatic rings. The second-order valence-corrected chi connectivity index (χ2v) is 4.31. The Balaban J connectivity index is 2.34. The maximum absolute atomic E-state index is 13.5. The van der Waals surface area contributed by atoms with Crippen molar-refractivity contribution >= 4 is 0 Å². The van der Waals surface area contributed by atoms with Gasteiger partial charge in [0.1, 0.15) is 5.82 Å². The summed E-state index contributed by atoms with van der Waals surface area (Å²) in [6.07, 6.45) is -2.88. The molecule has 0 amide bonds. The average molecular weight is 269 g/mol. The lowest BCUT2D eigenvalue weighted by Crippen LogP contribution is -2.07. The zero-order valence-corrected chi connectivity index (χ0v) is 10.1. The van der Waals surface area contributed by atoms with Crippen LogP contribution in [0.4, 0.5) is 17.6 Å². The van der Waals surface area contributed by atoms with Gasteiger partial charge in [-0.2, -0.15) is 13.2 Å². The van der Waals surface area contributed by atoms with Crippen LogP contribution in [-0.2, 0) is 12.6 Å². The lowest BCUT2D eigenvalue weighted by atomic mass is 10.0. The highest BCUT2D eigenvalue weighted by atomic mass is 19.4. The van der Waals surface area contributed by atoms with Crippen molar-refractivity contribution in [3.8, 4) is 0 Å². The minimum Gasteiger partial charge on any atom is -0.261 e. The van der Waals surface area contributed by atoms with Crippen molar-refractivity contribution in [2.24, 2.45) is 0 Å². The average Bonchev–Trinajstić information content (AvgIpc) is 2.30. The zero-order chi connectivity index (χ0) is 14.0. The van der Waals surface area contributed by atoms with Crippen molar-refractivity contribution in [2.45, 2.75) is 19.5 Å². The van der Waals surface area contributed by atoms with Crippen LogP contribution in [0.25, 0.3) is 0 Å². The molecule has 0 saturated heterocycles. The molecule has 5 heteroatoms. The van der Waals surface area contributed by atoms with Gasteiger partial charge in [0.15, 0.2) is 0 Å². The Kier molecular flexibility index (Phi) is 3.55. The van der Waals surface area contributed by atoms with E-state index in [1.165, 1.54) is 0 Å². The summed E-state index contributed by atoms with van der Waals surface area (Å²) in [5, 5.41) is 0. The molecule has 0 aliphatic rings. The lowest BCUT2D eigenvalue weighted by molar-refractivity contribution is -0.137. The minimum absolute atomic E-state index is 0.00655. The highest BCUT2D eigenvalue weighted by Crippen LogP contribution is 2.30. The van der Waals surface area contributed by atoms with Gasteiger partial charge in [0.2, 0.25) is 0 Å². The van der Waals surface area contributed by atoms with E-state index in [-0.39, 0.29) is 12.0 Å². The molecule has 0 aliphatic carbocycles. The predicted molar refractivity (Wildman–Crippen MR) is 63.2 cm³/mol. The number of hydrogen-bond acceptors (Lipinski definition) is 1. The van der Waals surface area contributed by atoms with Crippen molar-refractivity contribution < 1.29 is 17.6 Å². The fourth-order valence-corrected chi connectivity index (χ4v) is 1.78. The molecule has 2 rings (SSSR count). The Morgan fingerprint density at radius 1 is 1.11 bits per heavy atom. The van der Waals surface area contributed by atoms with E-state index in [1.807, 2.05) is 6.92 Å². The number of hydrogen-bond donors (Lipinski definition) is 0. The summed E-state index contributed by atoms with van der Waals surface area (Å²) in [5.74, 6) is -0.656. The minimum atomic E-state index is -4.47. The first-order valence-electron chi connectivity index (χ1n) is 5.63. The van der Waals surface area contributed by atoms with Crippen molar-refractivity contribution in [3.05, 3.63) is 64.7 Å². The van der Waals surface area contributed by atoms with Crippen LogP contribution in [0, 0.1) is 12.7 Å². The third-order valence-corrected chi connectivity index (χ3v) is 2.72. The smallest absolute Gasteiger partial charge is 0.261 e. The van der Waals surface area contributed by atoms with Gasteiger partial charge in [-0.15, -0.1) is 0 Å². The number of rotatable bonds is 2. The van der Waals surface area contributed by atoms with E-state index in [0.29, 0.717) is 5.69 Å². The van der Waals surface area contributed by atoms with Crippen LogP contribution in [0.1, 0.15) is 22.4 Å². The van der Waals surface area contributed by atoms with E-state index in [4.69, 9.17) is 0 Å². The molecular weight excluding hydrogens is 258 g/mol. The van der Waals surface area contributed by atoms with Crippen LogP contribution in [0.15, 0.2) is 36.5 Å². The standard InChI is InChI=1S/C14H11F4N/c1-9-4-5-19-12(6-9)8-10-7-11(14(16,17)18)2-3-13(10)15/h2-7H,8H2,1H3. The second-order valence-electron chi connectivity index (χ2n) is 4.31. The molecule has 1 aromatic carbocycles. The van der Waals surface area contributed by atoms with Crippen LogP contribution in [0.5, 0.6) is 0 Å². The van der Waals surface area contributed by atoms with Crippen molar-refractivity contribution in [3.63, 3.8) is 0 Å². The van der Waals surface area contributed by atoms with Gasteiger partial charge >= 0.3 is 6.18 Å². The first-order valence-corrected chi connectivity index (χ1v) is 5.63. The summed E-state index contributed by atoms with van der Waals surface area (Å²) in [6, 6.07) is 5.90. The fraction of sp³-hybridized carbons (Fsp3) is 0.214. The summed E-state index contributed by atoms with van der Waals surface area (Å²) in [5.41, 5.74) is 0.611. The molecule has 0 bridgehead atoms. The van der Waals surface area contributed by atoms with Crippen LogP contribution in [0.2, 0.25) is 0 Å². The number of aryl methyl sites for hydroxylation is 1. The summed E-state index contributed by atoms with van der Waals surface area (Å²) in [4.78, 5) is 4.02. The zero-order valence-electron chi connectivity index (χ0n) is 10.1. The van der Waals surface area contributed by atoms with Gasteiger partial charge < -0.3 is 0 Å². The summed E-state index contributed by atoms with van der Waals surface area (Å²) >= 11 is 0. The van der Waals surface area contributed by atoms with Crippen molar-refractivity contribution in [2.75, 3.05) is 0 Å². The number of pyridine rings is 1. The van der Waals surface area contributed by atoms with Crippen molar-refractivity contribution in [1.29, 1.82) is 0 Å². The Morgan fingerprint density at radius 3 is 2.47 bits per heavy atom. The first kappa shape index (κ1) is 13.5. The molecule has 0 saturated carbocycles. The molecule has 19 heavy (non-hydrogen) atoms. The van der Waals surface area contributed by atoms with E-state index in [2.05, 4.69) is 4.98 Å². The molecule has 0 aliphatic heterocycles. The molecule has 0 spiro atoms. The molecule has 1 heterocycles. The van der Waals surface area contributed by atoms with Gasteiger partial charge in [-0.3, -0.25) is 4.98 Å². The van der Waals surface area contributed by atoms with Gasteiger partial charge in [-0.05, 0) is 48.4 Å². The third-order valence-electron chi connectivity index (χ3n) is 2.72. The molecule has 0 atom stereocenters. The van der Waals surface area contributed by atoms with E-state index in [9.17, 15) is 17.6 Å². The summed E-state index contributed by atoms with van der Waals surface area (Å²) in [6.45, 7) is 1.84.